The van der Waals surface area contributed by atoms with Gasteiger partial charge in [0, 0.05) is 26.7 Å². The summed E-state index contributed by atoms with van der Waals surface area (Å²) >= 11 is 0. The van der Waals surface area contributed by atoms with E-state index in [-0.39, 0.29) is 5.54 Å². The van der Waals surface area contributed by atoms with Gasteiger partial charge in [-0.15, -0.1) is 0 Å². The molecule has 1 aliphatic heterocycles. The van der Waals surface area contributed by atoms with Crippen molar-refractivity contribution < 1.29 is 0 Å². The normalized spacial score (nSPS) is 21.9. The van der Waals surface area contributed by atoms with Crippen LogP contribution >= 0.6 is 0 Å². The van der Waals surface area contributed by atoms with Gasteiger partial charge in [-0.1, -0.05) is 19.3 Å². The van der Waals surface area contributed by atoms with Crippen LogP contribution in [0, 0.1) is 18.3 Å². The van der Waals surface area contributed by atoms with E-state index in [0.29, 0.717) is 0 Å². The number of nitrogens with one attached hydrogen (secondary N) is 1. The third kappa shape index (κ3) is 1.99. The van der Waals surface area contributed by atoms with Crippen LogP contribution in [0.4, 0.5) is 5.82 Å². The highest BCUT2D eigenvalue weighted by molar-refractivity contribution is 5.59. The van der Waals surface area contributed by atoms with Crippen molar-refractivity contribution in [1.82, 2.24) is 15.1 Å². The minimum Gasteiger partial charge on any atom is -0.347 e. The molecule has 2 heterocycles. The molecule has 3 rings (SSSR count). The second kappa shape index (κ2) is 5.10. The van der Waals surface area contributed by atoms with Gasteiger partial charge in [0.05, 0.1) is 11.2 Å². The van der Waals surface area contributed by atoms with Crippen LogP contribution in [0.15, 0.2) is 0 Å². The number of hydrogen-bond acceptors (Lipinski definition) is 4. The average molecular weight is 273 g/mol. The van der Waals surface area contributed by atoms with Gasteiger partial charge in [-0.25, -0.2) is 0 Å². The first-order valence-corrected chi connectivity index (χ1v) is 7.60. The number of nitrogens with zero attached hydrogens (tertiary/aromatic N) is 4. The molecule has 5 nitrogen and oxygen atoms in total. The molecule has 1 saturated carbocycles. The lowest BCUT2D eigenvalue weighted by atomic mass is 9.79. The number of aromatic nitrogens is 2. The van der Waals surface area contributed by atoms with Crippen molar-refractivity contribution in [3.05, 3.63) is 11.3 Å². The lowest BCUT2D eigenvalue weighted by Gasteiger charge is -2.50. The summed E-state index contributed by atoms with van der Waals surface area (Å²) in [5, 5.41) is 17.5. The molecule has 1 spiro atoms. The molecule has 0 unspecified atom stereocenters. The zero-order valence-electron chi connectivity index (χ0n) is 12.4. The van der Waals surface area contributed by atoms with E-state index >= 15 is 0 Å². The molecule has 0 bridgehead atoms. The Morgan fingerprint density at radius 2 is 2.05 bits per heavy atom. The fraction of sp³-hybridized carbons (Fsp3) is 0.733. The summed E-state index contributed by atoms with van der Waals surface area (Å²) < 4.78 is 1.90. The SMILES string of the molecule is Cc1nn(C)c(N2CCNCC23CCCCC3)c1C#N. The van der Waals surface area contributed by atoms with Crippen LogP contribution in [-0.4, -0.2) is 35.0 Å². The molecule has 1 aromatic rings. The molecule has 2 aliphatic rings. The Hall–Kier alpha value is -1.54. The maximum Gasteiger partial charge on any atom is 0.145 e. The number of piperazine rings is 1. The predicted octanol–water partition coefficient (Wildman–Crippen LogP) is 1.71. The van der Waals surface area contributed by atoms with E-state index in [9.17, 15) is 5.26 Å². The molecule has 2 fully saturated rings. The van der Waals surface area contributed by atoms with Crippen LogP contribution in [0.1, 0.15) is 43.4 Å². The van der Waals surface area contributed by atoms with Crippen LogP contribution in [0.25, 0.3) is 0 Å². The van der Waals surface area contributed by atoms with Crippen LogP contribution in [0.3, 0.4) is 0 Å². The first kappa shape index (κ1) is 13.4. The molecular weight excluding hydrogens is 250 g/mol. The second-order valence-corrected chi connectivity index (χ2v) is 6.13. The zero-order valence-corrected chi connectivity index (χ0v) is 12.4. The van der Waals surface area contributed by atoms with Crippen LogP contribution in [0.2, 0.25) is 0 Å². The fourth-order valence-electron chi connectivity index (χ4n) is 3.92. The Morgan fingerprint density at radius 3 is 2.75 bits per heavy atom. The molecular formula is C15H23N5. The smallest absolute Gasteiger partial charge is 0.145 e. The number of hydrogen-bond donors (Lipinski definition) is 1. The monoisotopic (exact) mass is 273 g/mol. The summed E-state index contributed by atoms with van der Waals surface area (Å²) in [7, 11) is 1.96. The standard InChI is InChI=1S/C15H23N5/c1-12-13(10-16)14(19(2)18-12)20-9-8-17-11-15(20)6-4-3-5-7-15/h17H,3-9,11H2,1-2H3. The van der Waals surface area contributed by atoms with E-state index in [2.05, 4.69) is 21.4 Å². The van der Waals surface area contributed by atoms with Gasteiger partial charge in [0.25, 0.3) is 0 Å². The maximum atomic E-state index is 9.48. The van der Waals surface area contributed by atoms with E-state index in [1.807, 2.05) is 18.7 Å². The van der Waals surface area contributed by atoms with E-state index in [1.165, 1.54) is 32.1 Å². The number of nitriles is 1. The molecule has 0 amide bonds. The summed E-state index contributed by atoms with van der Waals surface area (Å²) in [5.41, 5.74) is 1.77. The molecule has 0 atom stereocenters. The number of aryl methyl sites for hydroxylation is 2. The highest BCUT2D eigenvalue weighted by Gasteiger charge is 2.42. The van der Waals surface area contributed by atoms with E-state index in [0.717, 1.165) is 36.7 Å². The fourth-order valence-corrected chi connectivity index (χ4v) is 3.92. The van der Waals surface area contributed by atoms with Gasteiger partial charge in [-0.3, -0.25) is 4.68 Å². The van der Waals surface area contributed by atoms with E-state index < -0.39 is 0 Å². The van der Waals surface area contributed by atoms with Crippen molar-refractivity contribution in [3.63, 3.8) is 0 Å². The number of anilines is 1. The predicted molar refractivity (Wildman–Crippen MR) is 78.7 cm³/mol. The summed E-state index contributed by atoms with van der Waals surface area (Å²) in [6, 6.07) is 2.36. The van der Waals surface area contributed by atoms with Crippen LogP contribution < -0.4 is 10.2 Å². The minimum atomic E-state index is 0.183. The van der Waals surface area contributed by atoms with Gasteiger partial charge in [0.15, 0.2) is 0 Å². The maximum absolute atomic E-state index is 9.48. The Kier molecular flexibility index (Phi) is 3.43. The van der Waals surface area contributed by atoms with Crippen molar-refractivity contribution >= 4 is 5.82 Å². The molecule has 20 heavy (non-hydrogen) atoms. The first-order valence-electron chi connectivity index (χ1n) is 7.60. The Morgan fingerprint density at radius 1 is 1.30 bits per heavy atom. The molecule has 5 heteroatoms. The van der Waals surface area contributed by atoms with Crippen molar-refractivity contribution in [2.75, 3.05) is 24.5 Å². The summed E-state index contributed by atoms with van der Waals surface area (Å²) in [6.45, 7) is 4.91. The third-order valence-corrected chi connectivity index (χ3v) is 4.88. The largest absolute Gasteiger partial charge is 0.347 e. The molecule has 1 saturated heterocycles. The van der Waals surface area contributed by atoms with E-state index in [4.69, 9.17) is 0 Å². The highest BCUT2D eigenvalue weighted by Crippen LogP contribution is 2.39. The summed E-state index contributed by atoms with van der Waals surface area (Å²) in [5.74, 6) is 1.02. The Balaban J connectivity index is 2.04. The first-order chi connectivity index (χ1) is 9.68. The summed E-state index contributed by atoms with van der Waals surface area (Å²) in [4.78, 5) is 2.47. The van der Waals surface area contributed by atoms with Gasteiger partial charge in [-0.2, -0.15) is 10.4 Å². The topological polar surface area (TPSA) is 56.9 Å². The van der Waals surface area contributed by atoms with Gasteiger partial charge in [0.1, 0.15) is 17.5 Å². The zero-order chi connectivity index (χ0) is 14.2. The lowest BCUT2D eigenvalue weighted by molar-refractivity contribution is 0.238. The molecule has 1 aromatic heterocycles. The average Bonchev–Trinajstić information content (AvgIpc) is 2.74. The summed E-state index contributed by atoms with van der Waals surface area (Å²) in [6.07, 6.45) is 6.35. The van der Waals surface area contributed by atoms with Crippen LogP contribution in [-0.2, 0) is 7.05 Å². The van der Waals surface area contributed by atoms with Crippen molar-refractivity contribution in [3.8, 4) is 6.07 Å². The van der Waals surface area contributed by atoms with Gasteiger partial charge >= 0.3 is 0 Å². The third-order valence-electron chi connectivity index (χ3n) is 4.88. The van der Waals surface area contributed by atoms with Gasteiger partial charge in [0.2, 0.25) is 0 Å². The Bertz CT molecular complexity index is 525. The minimum absolute atomic E-state index is 0.183. The van der Waals surface area contributed by atoms with Crippen molar-refractivity contribution in [1.29, 1.82) is 5.26 Å². The molecule has 0 aromatic carbocycles. The lowest BCUT2D eigenvalue weighted by Crippen LogP contribution is -2.62. The Labute approximate surface area is 120 Å². The van der Waals surface area contributed by atoms with Crippen molar-refractivity contribution in [2.45, 2.75) is 44.6 Å². The van der Waals surface area contributed by atoms with Crippen LogP contribution in [0.5, 0.6) is 0 Å². The molecule has 108 valence electrons. The number of rotatable bonds is 1. The van der Waals surface area contributed by atoms with E-state index in [1.54, 1.807) is 0 Å². The highest BCUT2D eigenvalue weighted by atomic mass is 15.4. The van der Waals surface area contributed by atoms with Gasteiger partial charge in [-0.05, 0) is 19.8 Å². The quantitative estimate of drug-likeness (QED) is 0.846. The van der Waals surface area contributed by atoms with Gasteiger partial charge < -0.3 is 10.2 Å². The second-order valence-electron chi connectivity index (χ2n) is 6.13. The van der Waals surface area contributed by atoms with Crippen molar-refractivity contribution in [2.24, 2.45) is 7.05 Å². The molecule has 1 N–H and O–H groups in total. The molecule has 1 aliphatic carbocycles. The molecule has 0 radical (unpaired) electrons.